The molecule has 0 aliphatic rings. The highest BCUT2D eigenvalue weighted by atomic mass is 35.5. The van der Waals surface area contributed by atoms with Crippen molar-refractivity contribution in [3.8, 4) is 0 Å². The predicted octanol–water partition coefficient (Wildman–Crippen LogP) is 3.89. The molecule has 0 fully saturated rings. The lowest BCUT2D eigenvalue weighted by Gasteiger charge is -2.05. The molecule has 21 heavy (non-hydrogen) atoms. The number of nitrogens with zero attached hydrogens (tertiary/aromatic N) is 2. The van der Waals surface area contributed by atoms with Crippen LogP contribution in [0.2, 0.25) is 5.02 Å². The van der Waals surface area contributed by atoms with Gasteiger partial charge in [0, 0.05) is 5.69 Å². The topological polar surface area (TPSA) is 105 Å². The van der Waals surface area contributed by atoms with Crippen molar-refractivity contribution in [3.05, 3.63) is 47.0 Å². The SMILES string of the molecule is Cc1cc(S(=O)(=O)O)cc(Cl)c1N=Nc1ccc(N)cc1. The van der Waals surface area contributed by atoms with Gasteiger partial charge in [0.15, 0.2) is 0 Å². The predicted molar refractivity (Wildman–Crippen MR) is 81.0 cm³/mol. The van der Waals surface area contributed by atoms with E-state index in [1.807, 2.05) is 0 Å². The van der Waals surface area contributed by atoms with Gasteiger partial charge < -0.3 is 5.73 Å². The summed E-state index contributed by atoms with van der Waals surface area (Å²) < 4.78 is 31.2. The van der Waals surface area contributed by atoms with Gasteiger partial charge >= 0.3 is 0 Å². The zero-order chi connectivity index (χ0) is 15.6. The minimum absolute atomic E-state index is 0.0850. The van der Waals surface area contributed by atoms with Crippen LogP contribution < -0.4 is 5.73 Å². The van der Waals surface area contributed by atoms with E-state index in [1.54, 1.807) is 31.2 Å². The molecule has 3 N–H and O–H groups in total. The van der Waals surface area contributed by atoms with Crippen LogP contribution in [0.15, 0.2) is 51.5 Å². The van der Waals surface area contributed by atoms with Gasteiger partial charge in [-0.3, -0.25) is 4.55 Å². The van der Waals surface area contributed by atoms with Crippen LogP contribution in [-0.4, -0.2) is 13.0 Å². The van der Waals surface area contributed by atoms with E-state index in [4.69, 9.17) is 21.9 Å². The van der Waals surface area contributed by atoms with Gasteiger partial charge in [-0.05, 0) is 48.9 Å². The van der Waals surface area contributed by atoms with Crippen molar-refractivity contribution < 1.29 is 13.0 Å². The number of nitrogen functional groups attached to an aromatic ring is 1. The molecular formula is C13H12ClN3O3S. The highest BCUT2D eigenvalue weighted by Gasteiger charge is 2.14. The first-order valence-corrected chi connectivity index (χ1v) is 7.64. The summed E-state index contributed by atoms with van der Waals surface area (Å²) in [5, 5.41) is 8.09. The van der Waals surface area contributed by atoms with Crippen LogP contribution >= 0.6 is 11.6 Å². The first-order valence-electron chi connectivity index (χ1n) is 5.82. The van der Waals surface area contributed by atoms with Gasteiger partial charge in [-0.1, -0.05) is 11.6 Å². The fourth-order valence-corrected chi connectivity index (χ4v) is 2.59. The standard InChI is InChI=1S/C13H12ClN3O3S/c1-8-6-11(21(18,19)20)7-12(14)13(8)17-16-10-4-2-9(15)3-5-10/h2-7H,15H2,1H3,(H,18,19,20). The summed E-state index contributed by atoms with van der Waals surface area (Å²) in [6.45, 7) is 1.62. The Kier molecular flexibility index (Phi) is 4.26. The first kappa shape index (κ1) is 15.4. The molecule has 0 aliphatic heterocycles. The molecule has 2 aromatic rings. The zero-order valence-electron chi connectivity index (χ0n) is 11.0. The normalized spacial score (nSPS) is 12.0. The van der Waals surface area contributed by atoms with E-state index in [1.165, 1.54) is 6.07 Å². The van der Waals surface area contributed by atoms with Crippen molar-refractivity contribution in [2.75, 3.05) is 5.73 Å². The molecule has 110 valence electrons. The molecule has 0 aliphatic carbocycles. The molecule has 6 nitrogen and oxygen atoms in total. The van der Waals surface area contributed by atoms with Crippen LogP contribution in [0.1, 0.15) is 5.56 Å². The largest absolute Gasteiger partial charge is 0.399 e. The van der Waals surface area contributed by atoms with Crippen LogP contribution in [0.3, 0.4) is 0 Å². The Balaban J connectivity index is 2.39. The Morgan fingerprint density at radius 2 is 1.76 bits per heavy atom. The monoisotopic (exact) mass is 325 g/mol. The summed E-state index contributed by atoms with van der Waals surface area (Å²) >= 11 is 5.98. The quantitative estimate of drug-likeness (QED) is 0.507. The number of hydrogen-bond acceptors (Lipinski definition) is 5. The molecule has 0 amide bonds. The van der Waals surface area contributed by atoms with E-state index >= 15 is 0 Å². The summed E-state index contributed by atoms with van der Waals surface area (Å²) in [5.41, 5.74) is 7.57. The third-order valence-electron chi connectivity index (χ3n) is 2.68. The molecule has 8 heteroatoms. The van der Waals surface area contributed by atoms with Crippen LogP contribution in [0.25, 0.3) is 0 Å². The van der Waals surface area contributed by atoms with Gasteiger partial charge in [0.1, 0.15) is 5.69 Å². The van der Waals surface area contributed by atoms with Crippen molar-refractivity contribution >= 4 is 38.8 Å². The van der Waals surface area contributed by atoms with Crippen LogP contribution in [0, 0.1) is 6.92 Å². The van der Waals surface area contributed by atoms with E-state index in [-0.39, 0.29) is 9.92 Å². The number of halogens is 1. The molecule has 2 rings (SSSR count). The summed E-state index contributed by atoms with van der Waals surface area (Å²) in [7, 11) is -4.31. The van der Waals surface area contributed by atoms with Crippen molar-refractivity contribution in [2.24, 2.45) is 10.2 Å². The lowest BCUT2D eigenvalue weighted by atomic mass is 10.2. The summed E-state index contributed by atoms with van der Waals surface area (Å²) in [6.07, 6.45) is 0. The van der Waals surface area contributed by atoms with E-state index in [2.05, 4.69) is 10.2 Å². The smallest absolute Gasteiger partial charge is 0.294 e. The van der Waals surface area contributed by atoms with E-state index in [9.17, 15) is 8.42 Å². The maximum atomic E-state index is 11.1. The maximum absolute atomic E-state index is 11.1. The molecule has 0 bridgehead atoms. The highest BCUT2D eigenvalue weighted by Crippen LogP contribution is 2.33. The number of hydrogen-bond donors (Lipinski definition) is 2. The average molecular weight is 326 g/mol. The number of azo groups is 1. The molecule has 0 radical (unpaired) electrons. The number of nitrogens with two attached hydrogens (primary N) is 1. The van der Waals surface area contributed by atoms with Crippen LogP contribution in [0.5, 0.6) is 0 Å². The second-order valence-corrected chi connectivity index (χ2v) is 6.17. The molecular weight excluding hydrogens is 314 g/mol. The van der Waals surface area contributed by atoms with E-state index < -0.39 is 10.1 Å². The Hall–Kier alpha value is -1.96. The molecule has 0 aromatic heterocycles. The molecule has 0 unspecified atom stereocenters. The van der Waals surface area contributed by atoms with E-state index in [0.29, 0.717) is 22.6 Å². The van der Waals surface area contributed by atoms with Crippen molar-refractivity contribution in [1.29, 1.82) is 0 Å². The fourth-order valence-electron chi connectivity index (χ4n) is 1.63. The lowest BCUT2D eigenvalue weighted by Crippen LogP contribution is -1.98. The number of anilines is 1. The van der Waals surface area contributed by atoms with Gasteiger partial charge in [-0.15, -0.1) is 5.11 Å². The molecule has 0 atom stereocenters. The second-order valence-electron chi connectivity index (χ2n) is 4.34. The maximum Gasteiger partial charge on any atom is 0.294 e. The highest BCUT2D eigenvalue weighted by molar-refractivity contribution is 7.85. The van der Waals surface area contributed by atoms with Gasteiger partial charge in [-0.2, -0.15) is 13.5 Å². The Bertz CT molecular complexity index is 779. The molecule has 0 saturated heterocycles. The third kappa shape index (κ3) is 3.78. The van der Waals surface area contributed by atoms with Crippen molar-refractivity contribution in [3.63, 3.8) is 0 Å². The summed E-state index contributed by atoms with van der Waals surface area (Å²) in [6, 6.07) is 9.15. The lowest BCUT2D eigenvalue weighted by molar-refractivity contribution is 0.483. The second kappa shape index (κ2) is 5.80. The van der Waals surface area contributed by atoms with Crippen molar-refractivity contribution in [1.82, 2.24) is 0 Å². The average Bonchev–Trinajstić information content (AvgIpc) is 2.38. The summed E-state index contributed by atoms with van der Waals surface area (Å²) in [5.74, 6) is 0. The zero-order valence-corrected chi connectivity index (χ0v) is 12.6. The Morgan fingerprint density at radius 1 is 1.14 bits per heavy atom. The number of benzene rings is 2. The molecule has 0 spiro atoms. The van der Waals surface area contributed by atoms with Gasteiger partial charge in [0.2, 0.25) is 0 Å². The van der Waals surface area contributed by atoms with Crippen LogP contribution in [-0.2, 0) is 10.1 Å². The number of rotatable bonds is 3. The van der Waals surface area contributed by atoms with Gasteiger partial charge in [0.25, 0.3) is 10.1 Å². The first-order chi connectivity index (χ1) is 9.77. The fraction of sp³-hybridized carbons (Fsp3) is 0.0769. The minimum Gasteiger partial charge on any atom is -0.399 e. The molecule has 2 aromatic carbocycles. The van der Waals surface area contributed by atoms with E-state index in [0.717, 1.165) is 6.07 Å². The van der Waals surface area contributed by atoms with Gasteiger partial charge in [0.05, 0.1) is 15.6 Å². The van der Waals surface area contributed by atoms with Gasteiger partial charge in [-0.25, -0.2) is 0 Å². The molecule has 0 saturated carbocycles. The summed E-state index contributed by atoms with van der Waals surface area (Å²) in [4.78, 5) is -0.281. The van der Waals surface area contributed by atoms with Crippen molar-refractivity contribution in [2.45, 2.75) is 11.8 Å². The number of aryl methyl sites for hydroxylation is 1. The third-order valence-corrected chi connectivity index (χ3v) is 3.80. The molecule has 0 heterocycles. The Morgan fingerprint density at radius 3 is 2.29 bits per heavy atom. The Labute approximate surface area is 127 Å². The van der Waals surface area contributed by atoms with Crippen LogP contribution in [0.4, 0.5) is 17.1 Å². The minimum atomic E-state index is -4.31.